The minimum absolute atomic E-state index is 0.238. The summed E-state index contributed by atoms with van der Waals surface area (Å²) < 4.78 is 11.3. The third kappa shape index (κ3) is 6.25. The molecule has 1 atom stereocenters. The molecule has 1 unspecified atom stereocenters. The molecule has 1 N–H and O–H groups in total. The Hall–Kier alpha value is -4.38. The summed E-state index contributed by atoms with van der Waals surface area (Å²) >= 11 is 0. The lowest BCUT2D eigenvalue weighted by molar-refractivity contribution is 0.0694. The molecule has 0 radical (unpaired) electrons. The number of benzene rings is 4. The molecule has 0 aliphatic rings. The SMILES string of the molecule is C=CCOc1ccc(-c2ccc(C(=O)Oc3cc(CC(C)CC)c4cc(C(=O)O)ccc4c3)cc2)cc1. The highest BCUT2D eigenvalue weighted by Gasteiger charge is 2.15. The van der Waals surface area contributed by atoms with Crippen LogP contribution in [0.25, 0.3) is 21.9 Å². The van der Waals surface area contributed by atoms with Crippen molar-refractivity contribution in [3.05, 3.63) is 108 Å². The van der Waals surface area contributed by atoms with E-state index in [4.69, 9.17) is 9.47 Å². The first-order valence-electron chi connectivity index (χ1n) is 12.3. The van der Waals surface area contributed by atoms with Gasteiger partial charge in [0.25, 0.3) is 0 Å². The number of hydrogen-bond acceptors (Lipinski definition) is 4. The Balaban J connectivity index is 1.55. The lowest BCUT2D eigenvalue weighted by Gasteiger charge is -2.14. The highest BCUT2D eigenvalue weighted by Crippen LogP contribution is 2.30. The summed E-state index contributed by atoms with van der Waals surface area (Å²) in [5.74, 6) is 0.199. The summed E-state index contributed by atoms with van der Waals surface area (Å²) in [5.41, 5.74) is 3.63. The second-order valence-electron chi connectivity index (χ2n) is 9.13. The van der Waals surface area contributed by atoms with Gasteiger partial charge in [0, 0.05) is 0 Å². The van der Waals surface area contributed by atoms with E-state index in [-0.39, 0.29) is 5.56 Å². The van der Waals surface area contributed by atoms with Crippen LogP contribution in [0.15, 0.2) is 91.5 Å². The van der Waals surface area contributed by atoms with E-state index in [0.29, 0.717) is 23.8 Å². The molecule has 0 saturated heterocycles. The molecule has 0 heterocycles. The summed E-state index contributed by atoms with van der Waals surface area (Å²) in [6.07, 6.45) is 3.44. The van der Waals surface area contributed by atoms with Crippen LogP contribution >= 0.6 is 0 Å². The molecule has 37 heavy (non-hydrogen) atoms. The Morgan fingerprint density at radius 1 is 0.892 bits per heavy atom. The van der Waals surface area contributed by atoms with Crippen LogP contribution in [0, 0.1) is 5.92 Å². The van der Waals surface area contributed by atoms with Crippen molar-refractivity contribution in [3.63, 3.8) is 0 Å². The number of rotatable bonds is 10. The zero-order chi connectivity index (χ0) is 26.4. The van der Waals surface area contributed by atoms with E-state index in [1.807, 2.05) is 42.5 Å². The number of hydrogen-bond donors (Lipinski definition) is 1. The van der Waals surface area contributed by atoms with Gasteiger partial charge in [0.05, 0.1) is 11.1 Å². The van der Waals surface area contributed by atoms with Gasteiger partial charge in [-0.25, -0.2) is 9.59 Å². The third-order valence-electron chi connectivity index (χ3n) is 6.41. The Labute approximate surface area is 217 Å². The summed E-state index contributed by atoms with van der Waals surface area (Å²) in [7, 11) is 0. The molecule has 4 aromatic carbocycles. The maximum absolute atomic E-state index is 13.0. The van der Waals surface area contributed by atoms with Crippen LogP contribution < -0.4 is 9.47 Å². The van der Waals surface area contributed by atoms with Gasteiger partial charge in [-0.3, -0.25) is 0 Å². The molecule has 0 fully saturated rings. The van der Waals surface area contributed by atoms with Gasteiger partial charge in [-0.05, 0) is 88.3 Å². The highest BCUT2D eigenvalue weighted by atomic mass is 16.5. The number of carbonyl (C=O) groups excluding carboxylic acids is 1. The predicted molar refractivity (Wildman–Crippen MR) is 147 cm³/mol. The minimum atomic E-state index is -0.965. The molecular formula is C32H30O5. The Kier molecular flexibility index (Phi) is 8.04. The minimum Gasteiger partial charge on any atom is -0.490 e. The van der Waals surface area contributed by atoms with E-state index < -0.39 is 11.9 Å². The first kappa shape index (κ1) is 25.7. The van der Waals surface area contributed by atoms with Gasteiger partial charge in [-0.1, -0.05) is 63.3 Å². The van der Waals surface area contributed by atoms with Crippen molar-refractivity contribution in [1.29, 1.82) is 0 Å². The maximum atomic E-state index is 13.0. The fraction of sp³-hybridized carbons (Fsp3) is 0.188. The van der Waals surface area contributed by atoms with Gasteiger partial charge in [0.1, 0.15) is 18.1 Å². The molecule has 5 heteroatoms. The molecule has 0 amide bonds. The van der Waals surface area contributed by atoms with Gasteiger partial charge >= 0.3 is 11.9 Å². The average molecular weight is 495 g/mol. The van der Waals surface area contributed by atoms with Crippen molar-refractivity contribution in [2.24, 2.45) is 5.92 Å². The zero-order valence-electron chi connectivity index (χ0n) is 21.1. The van der Waals surface area contributed by atoms with Crippen LogP contribution in [-0.2, 0) is 6.42 Å². The van der Waals surface area contributed by atoms with Crippen LogP contribution in [0.3, 0.4) is 0 Å². The van der Waals surface area contributed by atoms with Crippen molar-refractivity contribution in [2.45, 2.75) is 26.7 Å². The number of carboxylic acids is 1. The fourth-order valence-corrected chi connectivity index (χ4v) is 4.15. The number of carbonyl (C=O) groups is 2. The number of aromatic carboxylic acids is 1. The number of ether oxygens (including phenoxy) is 2. The average Bonchev–Trinajstić information content (AvgIpc) is 2.92. The summed E-state index contributed by atoms with van der Waals surface area (Å²) in [4.78, 5) is 24.4. The van der Waals surface area contributed by atoms with Gasteiger partial charge < -0.3 is 14.6 Å². The normalized spacial score (nSPS) is 11.6. The lowest BCUT2D eigenvalue weighted by Crippen LogP contribution is -2.09. The Morgan fingerprint density at radius 2 is 1.54 bits per heavy atom. The van der Waals surface area contributed by atoms with Gasteiger partial charge in [-0.2, -0.15) is 0 Å². The smallest absolute Gasteiger partial charge is 0.343 e. The summed E-state index contributed by atoms with van der Waals surface area (Å²) in [6.45, 7) is 8.37. The monoisotopic (exact) mass is 494 g/mol. The fourth-order valence-electron chi connectivity index (χ4n) is 4.15. The molecule has 5 nitrogen and oxygen atoms in total. The van der Waals surface area contributed by atoms with Crippen LogP contribution in [0.1, 0.15) is 46.5 Å². The summed E-state index contributed by atoms with van der Waals surface area (Å²) in [5, 5.41) is 11.1. The van der Waals surface area contributed by atoms with E-state index in [1.54, 1.807) is 42.5 Å². The van der Waals surface area contributed by atoms with Gasteiger partial charge in [0.15, 0.2) is 0 Å². The van der Waals surface area contributed by atoms with E-state index in [0.717, 1.165) is 46.1 Å². The molecule has 4 aromatic rings. The van der Waals surface area contributed by atoms with Crippen molar-refractivity contribution < 1.29 is 24.2 Å². The zero-order valence-corrected chi connectivity index (χ0v) is 21.1. The molecule has 0 aliphatic heterocycles. The Bertz CT molecular complexity index is 1420. The summed E-state index contributed by atoms with van der Waals surface area (Å²) in [6, 6.07) is 23.7. The third-order valence-corrected chi connectivity index (χ3v) is 6.41. The maximum Gasteiger partial charge on any atom is 0.343 e. The molecule has 0 aliphatic carbocycles. The highest BCUT2D eigenvalue weighted by molar-refractivity contribution is 5.97. The number of fused-ring (bicyclic) bond motifs is 1. The van der Waals surface area contributed by atoms with Crippen LogP contribution in [0.2, 0.25) is 0 Å². The van der Waals surface area contributed by atoms with Crippen molar-refractivity contribution in [3.8, 4) is 22.6 Å². The molecule has 0 bridgehead atoms. The van der Waals surface area contributed by atoms with Gasteiger partial charge in [-0.15, -0.1) is 0 Å². The first-order chi connectivity index (χ1) is 17.9. The number of carboxylic acid groups (broad SMARTS) is 1. The van der Waals surface area contributed by atoms with E-state index in [1.165, 1.54) is 0 Å². The molecular weight excluding hydrogens is 464 g/mol. The largest absolute Gasteiger partial charge is 0.490 e. The van der Waals surface area contributed by atoms with Crippen LogP contribution in [-0.4, -0.2) is 23.7 Å². The molecule has 0 aromatic heterocycles. The molecule has 188 valence electrons. The number of esters is 1. The second-order valence-corrected chi connectivity index (χ2v) is 9.13. The molecule has 4 rings (SSSR count). The quantitative estimate of drug-likeness (QED) is 0.140. The van der Waals surface area contributed by atoms with Crippen molar-refractivity contribution in [2.75, 3.05) is 6.61 Å². The van der Waals surface area contributed by atoms with Crippen LogP contribution in [0.5, 0.6) is 11.5 Å². The first-order valence-corrected chi connectivity index (χ1v) is 12.3. The van der Waals surface area contributed by atoms with E-state index in [9.17, 15) is 14.7 Å². The topological polar surface area (TPSA) is 72.8 Å². The molecule has 0 spiro atoms. The van der Waals surface area contributed by atoms with Crippen LogP contribution in [0.4, 0.5) is 0 Å². The molecule has 0 saturated carbocycles. The predicted octanol–water partition coefficient (Wildman–Crippen LogP) is 7.58. The Morgan fingerprint density at radius 3 is 2.16 bits per heavy atom. The second kappa shape index (κ2) is 11.6. The standard InChI is InChI=1S/C32H30O5/c1-4-16-36-28-14-12-23(13-15-28)22-6-8-24(9-7-22)32(35)37-29-18-25-10-11-26(31(33)34)20-30(25)27(19-29)17-21(3)5-2/h4,6-15,18-21H,1,5,16-17H2,2-3H3,(H,33,34). The van der Waals surface area contributed by atoms with Gasteiger partial charge in [0.2, 0.25) is 0 Å². The van der Waals surface area contributed by atoms with Crippen molar-refractivity contribution in [1.82, 2.24) is 0 Å². The van der Waals surface area contributed by atoms with E-state index >= 15 is 0 Å². The van der Waals surface area contributed by atoms with E-state index in [2.05, 4.69) is 20.4 Å². The lowest BCUT2D eigenvalue weighted by atomic mass is 9.93. The van der Waals surface area contributed by atoms with Crippen molar-refractivity contribution >= 4 is 22.7 Å².